The Kier molecular flexibility index (Phi) is 2.49. The number of thioether (sulfide) groups is 1. The van der Waals surface area contributed by atoms with Crippen molar-refractivity contribution in [1.29, 1.82) is 0 Å². The summed E-state index contributed by atoms with van der Waals surface area (Å²) in [5.41, 5.74) is 0.931. The minimum Gasteiger partial charge on any atom is -0.432 e. The van der Waals surface area contributed by atoms with Gasteiger partial charge in [-0.05, 0) is 18.6 Å². The molecule has 13 heavy (non-hydrogen) atoms. The van der Waals surface area contributed by atoms with Crippen molar-refractivity contribution in [2.24, 2.45) is 5.92 Å². The third kappa shape index (κ3) is 1.99. The molecule has 0 radical (unpaired) electrons. The smallest absolute Gasteiger partial charge is 0.294 e. The fraction of sp³-hybridized carbons (Fsp3) is 0.667. The van der Waals surface area contributed by atoms with Gasteiger partial charge in [-0.15, -0.1) is 0 Å². The van der Waals surface area contributed by atoms with E-state index in [2.05, 4.69) is 17.2 Å². The maximum Gasteiger partial charge on any atom is 0.294 e. The highest BCUT2D eigenvalue weighted by Crippen LogP contribution is 2.26. The molecule has 2 unspecified atom stereocenters. The molecule has 0 aliphatic carbocycles. The van der Waals surface area contributed by atoms with E-state index in [1.807, 2.05) is 18.7 Å². The van der Waals surface area contributed by atoms with Crippen molar-refractivity contribution in [2.75, 3.05) is 16.8 Å². The third-order valence-corrected chi connectivity index (χ3v) is 3.65. The van der Waals surface area contributed by atoms with Crippen molar-refractivity contribution in [3.8, 4) is 0 Å². The summed E-state index contributed by atoms with van der Waals surface area (Å²) in [6, 6.07) is 1.18. The second-order valence-corrected chi connectivity index (χ2v) is 4.63. The second-order valence-electron chi connectivity index (χ2n) is 3.56. The van der Waals surface area contributed by atoms with Gasteiger partial charge < -0.3 is 9.73 Å². The molecule has 0 amide bonds. The van der Waals surface area contributed by atoms with Crippen LogP contribution in [0.5, 0.6) is 0 Å². The predicted molar refractivity (Wildman–Crippen MR) is 55.1 cm³/mol. The first-order valence-electron chi connectivity index (χ1n) is 4.52. The summed E-state index contributed by atoms with van der Waals surface area (Å²) in [5, 5.41) is 3.31. The van der Waals surface area contributed by atoms with Gasteiger partial charge >= 0.3 is 0 Å². The third-order valence-electron chi connectivity index (χ3n) is 2.29. The molecule has 2 atom stereocenters. The van der Waals surface area contributed by atoms with Crippen LogP contribution in [0.1, 0.15) is 12.6 Å². The zero-order valence-electron chi connectivity index (χ0n) is 7.91. The molecule has 1 aliphatic heterocycles. The normalized spacial score (nSPS) is 27.8. The average molecular weight is 198 g/mol. The van der Waals surface area contributed by atoms with E-state index in [0.717, 1.165) is 11.4 Å². The quantitative estimate of drug-likeness (QED) is 0.790. The summed E-state index contributed by atoms with van der Waals surface area (Å²) in [6.07, 6.45) is 1.68. The van der Waals surface area contributed by atoms with Crippen molar-refractivity contribution in [2.45, 2.75) is 19.9 Å². The standard InChI is InChI=1S/C9H14N2OS/c1-6-4-13-5-8(6)11-9-10-7(2)3-12-9/h3,6,8H,4-5H2,1-2H3,(H,10,11). The Bertz CT molecular complexity index is 287. The number of aromatic nitrogens is 1. The molecular weight excluding hydrogens is 184 g/mol. The van der Waals surface area contributed by atoms with E-state index >= 15 is 0 Å². The summed E-state index contributed by atoms with van der Waals surface area (Å²) < 4.78 is 5.24. The van der Waals surface area contributed by atoms with Crippen LogP contribution in [0.15, 0.2) is 10.7 Å². The molecule has 1 fully saturated rings. The molecule has 1 aromatic heterocycles. The van der Waals surface area contributed by atoms with Crippen LogP contribution in [0.25, 0.3) is 0 Å². The number of oxazole rings is 1. The highest BCUT2D eigenvalue weighted by molar-refractivity contribution is 7.99. The largest absolute Gasteiger partial charge is 0.432 e. The number of nitrogens with zero attached hydrogens (tertiary/aromatic N) is 1. The molecule has 0 saturated carbocycles. The SMILES string of the molecule is Cc1coc(NC2CSCC2C)n1. The van der Waals surface area contributed by atoms with Crippen LogP contribution in [0, 0.1) is 12.8 Å². The van der Waals surface area contributed by atoms with Crippen molar-refractivity contribution in [1.82, 2.24) is 4.98 Å². The molecular formula is C9H14N2OS. The monoisotopic (exact) mass is 198 g/mol. The summed E-state index contributed by atoms with van der Waals surface area (Å²) in [7, 11) is 0. The number of hydrogen-bond donors (Lipinski definition) is 1. The van der Waals surface area contributed by atoms with Gasteiger partial charge in [0.1, 0.15) is 6.26 Å². The average Bonchev–Trinajstić information content (AvgIpc) is 2.64. The maximum atomic E-state index is 5.24. The highest BCUT2D eigenvalue weighted by atomic mass is 32.2. The molecule has 1 aliphatic rings. The summed E-state index contributed by atoms with van der Waals surface area (Å²) in [6.45, 7) is 4.19. The molecule has 0 spiro atoms. The number of aryl methyl sites for hydroxylation is 1. The van der Waals surface area contributed by atoms with E-state index in [1.165, 1.54) is 5.75 Å². The molecule has 1 N–H and O–H groups in total. The summed E-state index contributed by atoms with van der Waals surface area (Å²) >= 11 is 1.98. The maximum absolute atomic E-state index is 5.24. The first kappa shape index (κ1) is 8.94. The van der Waals surface area contributed by atoms with Crippen LogP contribution in [-0.2, 0) is 0 Å². The van der Waals surface area contributed by atoms with E-state index in [1.54, 1.807) is 6.26 Å². The van der Waals surface area contributed by atoms with E-state index < -0.39 is 0 Å². The Hall–Kier alpha value is -0.640. The fourth-order valence-corrected chi connectivity index (χ4v) is 2.83. The molecule has 4 heteroatoms. The molecule has 3 nitrogen and oxygen atoms in total. The van der Waals surface area contributed by atoms with Crippen molar-refractivity contribution >= 4 is 17.8 Å². The molecule has 72 valence electrons. The van der Waals surface area contributed by atoms with Crippen molar-refractivity contribution in [3.63, 3.8) is 0 Å². The van der Waals surface area contributed by atoms with Crippen molar-refractivity contribution < 1.29 is 4.42 Å². The number of hydrogen-bond acceptors (Lipinski definition) is 4. The first-order chi connectivity index (χ1) is 6.25. The van der Waals surface area contributed by atoms with Gasteiger partial charge in [-0.3, -0.25) is 0 Å². The van der Waals surface area contributed by atoms with Crippen LogP contribution in [0.2, 0.25) is 0 Å². The number of rotatable bonds is 2. The van der Waals surface area contributed by atoms with E-state index in [-0.39, 0.29) is 0 Å². The Labute approximate surface area is 82.3 Å². The van der Waals surface area contributed by atoms with Crippen LogP contribution in [0.3, 0.4) is 0 Å². The minimum atomic E-state index is 0.517. The first-order valence-corrected chi connectivity index (χ1v) is 5.67. The van der Waals surface area contributed by atoms with Crippen LogP contribution in [-0.4, -0.2) is 22.5 Å². The Morgan fingerprint density at radius 3 is 3.00 bits per heavy atom. The van der Waals surface area contributed by atoms with Gasteiger partial charge in [0, 0.05) is 11.8 Å². The molecule has 2 heterocycles. The Balaban J connectivity index is 1.97. The highest BCUT2D eigenvalue weighted by Gasteiger charge is 2.24. The van der Waals surface area contributed by atoms with Gasteiger partial charge in [0.05, 0.1) is 5.69 Å². The van der Waals surface area contributed by atoms with E-state index in [0.29, 0.717) is 18.0 Å². The minimum absolute atomic E-state index is 0.517. The van der Waals surface area contributed by atoms with Crippen molar-refractivity contribution in [3.05, 3.63) is 12.0 Å². The lowest BCUT2D eigenvalue weighted by molar-refractivity contribution is 0.532. The van der Waals surface area contributed by atoms with Crippen LogP contribution in [0.4, 0.5) is 6.01 Å². The molecule has 2 rings (SSSR count). The molecule has 0 bridgehead atoms. The molecule has 1 saturated heterocycles. The van der Waals surface area contributed by atoms with Gasteiger partial charge in [0.2, 0.25) is 0 Å². The second kappa shape index (κ2) is 3.62. The lowest BCUT2D eigenvalue weighted by atomic mass is 10.1. The summed E-state index contributed by atoms with van der Waals surface area (Å²) in [4.78, 5) is 4.22. The Morgan fingerprint density at radius 1 is 1.62 bits per heavy atom. The summed E-state index contributed by atoms with van der Waals surface area (Å²) in [5.74, 6) is 3.09. The lowest BCUT2D eigenvalue weighted by Gasteiger charge is -2.13. The Morgan fingerprint density at radius 2 is 2.46 bits per heavy atom. The van der Waals surface area contributed by atoms with E-state index in [4.69, 9.17) is 4.42 Å². The molecule has 0 aromatic carbocycles. The topological polar surface area (TPSA) is 38.1 Å². The predicted octanol–water partition coefficient (Wildman–Crippen LogP) is 2.15. The van der Waals surface area contributed by atoms with Gasteiger partial charge in [0.25, 0.3) is 6.01 Å². The van der Waals surface area contributed by atoms with Gasteiger partial charge in [-0.25, -0.2) is 0 Å². The van der Waals surface area contributed by atoms with Gasteiger partial charge in [-0.1, -0.05) is 6.92 Å². The van der Waals surface area contributed by atoms with E-state index in [9.17, 15) is 0 Å². The number of anilines is 1. The zero-order chi connectivity index (χ0) is 9.26. The lowest BCUT2D eigenvalue weighted by Crippen LogP contribution is -2.25. The fourth-order valence-electron chi connectivity index (χ4n) is 1.42. The zero-order valence-corrected chi connectivity index (χ0v) is 8.73. The van der Waals surface area contributed by atoms with Gasteiger partial charge in [-0.2, -0.15) is 16.7 Å². The van der Waals surface area contributed by atoms with Gasteiger partial charge in [0.15, 0.2) is 0 Å². The molecule has 1 aromatic rings. The van der Waals surface area contributed by atoms with Crippen LogP contribution < -0.4 is 5.32 Å². The van der Waals surface area contributed by atoms with Crippen LogP contribution >= 0.6 is 11.8 Å². The number of nitrogens with one attached hydrogen (secondary N) is 1.